The van der Waals surface area contributed by atoms with Crippen LogP contribution in [0.2, 0.25) is 0 Å². The van der Waals surface area contributed by atoms with Gasteiger partial charge in [0.25, 0.3) is 0 Å². The van der Waals surface area contributed by atoms with Crippen LogP contribution in [0.15, 0.2) is 18.2 Å². The first-order valence-corrected chi connectivity index (χ1v) is 7.55. The Morgan fingerprint density at radius 2 is 2.17 bits per heavy atom. The van der Waals surface area contributed by atoms with Gasteiger partial charge in [-0.05, 0) is 61.3 Å². The summed E-state index contributed by atoms with van der Waals surface area (Å²) in [6, 6.07) is 7.76. The van der Waals surface area contributed by atoms with Crippen LogP contribution >= 0.6 is 0 Å². The molecule has 0 radical (unpaired) electrons. The van der Waals surface area contributed by atoms with Gasteiger partial charge in [-0.15, -0.1) is 0 Å². The summed E-state index contributed by atoms with van der Waals surface area (Å²) in [6.45, 7) is 7.98. The molecule has 1 N–H and O–H groups in total. The van der Waals surface area contributed by atoms with E-state index in [1.165, 1.54) is 37.7 Å². The minimum absolute atomic E-state index is 0.598. The molecule has 1 unspecified atom stereocenters. The maximum absolute atomic E-state index is 3.71. The molecule has 0 saturated carbocycles. The van der Waals surface area contributed by atoms with Crippen LogP contribution in [0.5, 0.6) is 0 Å². The molecular weight excluding hydrogens is 218 g/mol. The van der Waals surface area contributed by atoms with Crippen molar-refractivity contribution in [2.75, 3.05) is 6.54 Å². The summed E-state index contributed by atoms with van der Waals surface area (Å²) < 4.78 is 0. The standard InChI is InChI=1S/C17H27N/c1-4-10-18-17-7-5-6-15-9-8-14(11-13(2)3)12-16(15)17/h8-9,12-13,17-18H,4-7,10-11H2,1-3H3. The molecule has 0 saturated heterocycles. The molecule has 100 valence electrons. The normalized spacial score (nSPS) is 19.0. The molecule has 2 rings (SSSR count). The third-order valence-corrected chi connectivity index (χ3v) is 3.81. The molecule has 1 atom stereocenters. The number of nitrogens with one attached hydrogen (secondary N) is 1. The smallest absolute Gasteiger partial charge is 0.0323 e. The van der Waals surface area contributed by atoms with Crippen molar-refractivity contribution < 1.29 is 0 Å². The third kappa shape index (κ3) is 3.35. The number of fused-ring (bicyclic) bond motifs is 1. The number of hydrogen-bond donors (Lipinski definition) is 1. The lowest BCUT2D eigenvalue weighted by atomic mass is 9.85. The first-order valence-electron chi connectivity index (χ1n) is 7.55. The molecule has 0 fully saturated rings. The average molecular weight is 245 g/mol. The molecule has 1 aromatic carbocycles. The Labute approximate surface area is 112 Å². The molecule has 1 aliphatic carbocycles. The van der Waals surface area contributed by atoms with Gasteiger partial charge >= 0.3 is 0 Å². The Morgan fingerprint density at radius 3 is 2.89 bits per heavy atom. The van der Waals surface area contributed by atoms with E-state index >= 15 is 0 Å². The van der Waals surface area contributed by atoms with Crippen molar-refractivity contribution in [3.8, 4) is 0 Å². The maximum Gasteiger partial charge on any atom is 0.0323 e. The highest BCUT2D eigenvalue weighted by atomic mass is 14.9. The number of aryl methyl sites for hydroxylation is 1. The van der Waals surface area contributed by atoms with Crippen LogP contribution < -0.4 is 5.32 Å². The fraction of sp³-hybridized carbons (Fsp3) is 0.647. The van der Waals surface area contributed by atoms with Crippen molar-refractivity contribution in [1.82, 2.24) is 5.32 Å². The van der Waals surface area contributed by atoms with Crippen LogP contribution in [0, 0.1) is 5.92 Å². The van der Waals surface area contributed by atoms with Gasteiger partial charge in [0.05, 0.1) is 0 Å². The first-order chi connectivity index (χ1) is 8.70. The van der Waals surface area contributed by atoms with Gasteiger partial charge in [0.2, 0.25) is 0 Å². The predicted octanol–water partition coefficient (Wildman–Crippen LogP) is 4.26. The highest BCUT2D eigenvalue weighted by molar-refractivity contribution is 5.36. The summed E-state index contributed by atoms with van der Waals surface area (Å²) in [5.41, 5.74) is 4.66. The summed E-state index contributed by atoms with van der Waals surface area (Å²) in [5, 5.41) is 3.71. The van der Waals surface area contributed by atoms with Crippen LogP contribution in [0.25, 0.3) is 0 Å². The van der Waals surface area contributed by atoms with Crippen LogP contribution in [0.3, 0.4) is 0 Å². The van der Waals surface area contributed by atoms with Crippen molar-refractivity contribution >= 4 is 0 Å². The summed E-state index contributed by atoms with van der Waals surface area (Å²) in [7, 11) is 0. The van der Waals surface area contributed by atoms with Crippen molar-refractivity contribution in [1.29, 1.82) is 0 Å². The second-order valence-corrected chi connectivity index (χ2v) is 6.03. The van der Waals surface area contributed by atoms with Crippen LogP contribution in [-0.4, -0.2) is 6.54 Å². The van der Waals surface area contributed by atoms with Gasteiger partial charge in [-0.2, -0.15) is 0 Å². The van der Waals surface area contributed by atoms with Gasteiger partial charge in [-0.25, -0.2) is 0 Å². The van der Waals surface area contributed by atoms with Gasteiger partial charge in [0.1, 0.15) is 0 Å². The van der Waals surface area contributed by atoms with Gasteiger partial charge in [-0.1, -0.05) is 39.0 Å². The van der Waals surface area contributed by atoms with E-state index in [1.807, 2.05) is 0 Å². The zero-order valence-electron chi connectivity index (χ0n) is 12.1. The molecular formula is C17H27N. The zero-order valence-corrected chi connectivity index (χ0v) is 12.1. The van der Waals surface area contributed by atoms with Gasteiger partial charge in [-0.3, -0.25) is 0 Å². The Bertz CT molecular complexity index is 381. The van der Waals surface area contributed by atoms with E-state index in [9.17, 15) is 0 Å². The third-order valence-electron chi connectivity index (χ3n) is 3.81. The Morgan fingerprint density at radius 1 is 1.33 bits per heavy atom. The summed E-state index contributed by atoms with van der Waals surface area (Å²) in [6.07, 6.45) is 6.32. The summed E-state index contributed by atoms with van der Waals surface area (Å²) >= 11 is 0. The van der Waals surface area contributed by atoms with E-state index in [0.29, 0.717) is 6.04 Å². The highest BCUT2D eigenvalue weighted by Gasteiger charge is 2.19. The number of rotatable bonds is 5. The van der Waals surface area contributed by atoms with Crippen molar-refractivity contribution in [2.45, 2.75) is 58.9 Å². The average Bonchev–Trinajstić information content (AvgIpc) is 2.35. The second kappa shape index (κ2) is 6.38. The lowest BCUT2D eigenvalue weighted by molar-refractivity contribution is 0.459. The molecule has 0 aromatic heterocycles. The van der Waals surface area contributed by atoms with E-state index < -0.39 is 0 Å². The largest absolute Gasteiger partial charge is 0.310 e. The van der Waals surface area contributed by atoms with Crippen LogP contribution in [-0.2, 0) is 12.8 Å². The molecule has 18 heavy (non-hydrogen) atoms. The molecule has 0 amide bonds. The van der Waals surface area contributed by atoms with Crippen molar-refractivity contribution in [2.24, 2.45) is 5.92 Å². The molecule has 1 aliphatic rings. The van der Waals surface area contributed by atoms with Crippen molar-refractivity contribution in [3.05, 3.63) is 34.9 Å². The Kier molecular flexibility index (Phi) is 4.82. The van der Waals surface area contributed by atoms with E-state index in [-0.39, 0.29) is 0 Å². The lowest BCUT2D eigenvalue weighted by Crippen LogP contribution is -2.26. The van der Waals surface area contributed by atoms with Crippen LogP contribution in [0.1, 0.15) is 62.8 Å². The van der Waals surface area contributed by atoms with Gasteiger partial charge in [0.15, 0.2) is 0 Å². The first kappa shape index (κ1) is 13.6. The second-order valence-electron chi connectivity index (χ2n) is 6.03. The van der Waals surface area contributed by atoms with Gasteiger partial charge < -0.3 is 5.32 Å². The minimum atomic E-state index is 0.598. The molecule has 0 bridgehead atoms. The molecule has 0 aliphatic heterocycles. The quantitative estimate of drug-likeness (QED) is 0.817. The topological polar surface area (TPSA) is 12.0 Å². The van der Waals surface area contributed by atoms with Crippen LogP contribution in [0.4, 0.5) is 0 Å². The fourth-order valence-electron chi connectivity index (χ4n) is 2.98. The minimum Gasteiger partial charge on any atom is -0.310 e. The SMILES string of the molecule is CCCNC1CCCc2ccc(CC(C)C)cc21. The van der Waals surface area contributed by atoms with Gasteiger partial charge in [0, 0.05) is 6.04 Å². The van der Waals surface area contributed by atoms with E-state index in [4.69, 9.17) is 0 Å². The predicted molar refractivity (Wildman–Crippen MR) is 79.0 cm³/mol. The maximum atomic E-state index is 3.71. The Balaban J connectivity index is 2.18. The fourth-order valence-corrected chi connectivity index (χ4v) is 2.98. The molecule has 0 heterocycles. The molecule has 1 heteroatoms. The summed E-state index contributed by atoms with van der Waals surface area (Å²) in [4.78, 5) is 0. The van der Waals surface area contributed by atoms with E-state index in [1.54, 1.807) is 11.1 Å². The molecule has 0 spiro atoms. The zero-order chi connectivity index (χ0) is 13.0. The monoisotopic (exact) mass is 245 g/mol. The molecule has 1 nitrogen and oxygen atoms in total. The number of hydrogen-bond acceptors (Lipinski definition) is 1. The highest BCUT2D eigenvalue weighted by Crippen LogP contribution is 2.31. The van der Waals surface area contributed by atoms with E-state index in [2.05, 4.69) is 44.3 Å². The lowest BCUT2D eigenvalue weighted by Gasteiger charge is -2.27. The van der Waals surface area contributed by atoms with E-state index in [0.717, 1.165) is 12.5 Å². The summed E-state index contributed by atoms with van der Waals surface area (Å²) in [5.74, 6) is 0.744. The number of benzene rings is 1. The Hall–Kier alpha value is -0.820. The van der Waals surface area contributed by atoms with Crippen molar-refractivity contribution in [3.63, 3.8) is 0 Å². The molecule has 1 aromatic rings.